The Morgan fingerprint density at radius 1 is 1.67 bits per heavy atom. The van der Waals surface area contributed by atoms with Gasteiger partial charge in [-0.1, -0.05) is 40.2 Å². The highest BCUT2D eigenvalue weighted by Crippen LogP contribution is 2.28. The SMILES string of the molecule is C=C(Br)COc1ccc(C(C)O)cc1Cl. The van der Waals surface area contributed by atoms with Gasteiger partial charge in [-0.3, -0.25) is 0 Å². The molecule has 0 aliphatic heterocycles. The number of aliphatic hydroxyl groups excluding tert-OH is 1. The van der Waals surface area contributed by atoms with Crippen molar-refractivity contribution >= 4 is 27.5 Å². The highest BCUT2D eigenvalue weighted by atomic mass is 79.9. The van der Waals surface area contributed by atoms with Crippen molar-refractivity contribution in [3.8, 4) is 5.75 Å². The Bertz CT molecular complexity index is 364. The number of aliphatic hydroxyl groups is 1. The summed E-state index contributed by atoms with van der Waals surface area (Å²) in [7, 11) is 0. The van der Waals surface area contributed by atoms with E-state index in [2.05, 4.69) is 22.5 Å². The zero-order valence-electron chi connectivity index (χ0n) is 8.34. The van der Waals surface area contributed by atoms with Crippen molar-refractivity contribution in [1.29, 1.82) is 0 Å². The van der Waals surface area contributed by atoms with Crippen LogP contribution >= 0.6 is 27.5 Å². The summed E-state index contributed by atoms with van der Waals surface area (Å²) in [6.45, 7) is 5.71. The maximum Gasteiger partial charge on any atom is 0.138 e. The fraction of sp³-hybridized carbons (Fsp3) is 0.273. The van der Waals surface area contributed by atoms with Gasteiger partial charge in [0.15, 0.2) is 0 Å². The van der Waals surface area contributed by atoms with E-state index in [1.54, 1.807) is 25.1 Å². The van der Waals surface area contributed by atoms with E-state index < -0.39 is 6.10 Å². The highest BCUT2D eigenvalue weighted by molar-refractivity contribution is 9.11. The van der Waals surface area contributed by atoms with Crippen LogP contribution in [0.5, 0.6) is 5.75 Å². The van der Waals surface area contributed by atoms with Crippen LogP contribution in [0.4, 0.5) is 0 Å². The van der Waals surface area contributed by atoms with Gasteiger partial charge in [0.1, 0.15) is 12.4 Å². The molecule has 82 valence electrons. The van der Waals surface area contributed by atoms with Crippen molar-refractivity contribution in [3.63, 3.8) is 0 Å². The van der Waals surface area contributed by atoms with E-state index in [4.69, 9.17) is 16.3 Å². The summed E-state index contributed by atoms with van der Waals surface area (Å²) < 4.78 is 6.12. The van der Waals surface area contributed by atoms with E-state index in [1.807, 2.05) is 0 Å². The quantitative estimate of drug-likeness (QED) is 0.917. The van der Waals surface area contributed by atoms with Crippen molar-refractivity contribution in [3.05, 3.63) is 39.8 Å². The molecule has 0 spiro atoms. The summed E-state index contributed by atoms with van der Waals surface area (Å²) in [6, 6.07) is 5.21. The third-order valence-corrected chi connectivity index (χ3v) is 2.35. The first-order valence-electron chi connectivity index (χ1n) is 4.44. The van der Waals surface area contributed by atoms with Gasteiger partial charge in [-0.25, -0.2) is 0 Å². The average molecular weight is 292 g/mol. The standard InChI is InChI=1S/C11H12BrClO2/c1-7(12)6-15-11-4-3-9(8(2)14)5-10(11)13/h3-5,8,14H,1,6H2,2H3. The molecule has 0 bridgehead atoms. The van der Waals surface area contributed by atoms with Gasteiger partial charge in [-0.2, -0.15) is 0 Å². The Morgan fingerprint density at radius 2 is 2.33 bits per heavy atom. The van der Waals surface area contributed by atoms with Crippen molar-refractivity contribution < 1.29 is 9.84 Å². The topological polar surface area (TPSA) is 29.5 Å². The number of benzene rings is 1. The molecule has 1 N–H and O–H groups in total. The monoisotopic (exact) mass is 290 g/mol. The third-order valence-electron chi connectivity index (χ3n) is 1.82. The molecule has 1 aromatic rings. The van der Waals surface area contributed by atoms with Crippen LogP contribution in [-0.2, 0) is 0 Å². The second kappa shape index (κ2) is 5.54. The number of halogens is 2. The molecule has 0 fully saturated rings. The van der Waals surface area contributed by atoms with Crippen LogP contribution in [0.25, 0.3) is 0 Å². The van der Waals surface area contributed by atoms with Gasteiger partial charge in [-0.05, 0) is 24.6 Å². The van der Waals surface area contributed by atoms with Crippen LogP contribution in [0.3, 0.4) is 0 Å². The third kappa shape index (κ3) is 3.86. The lowest BCUT2D eigenvalue weighted by Crippen LogP contribution is -1.98. The molecule has 0 amide bonds. The van der Waals surface area contributed by atoms with Crippen molar-refractivity contribution in [1.82, 2.24) is 0 Å². The van der Waals surface area contributed by atoms with Crippen molar-refractivity contribution in [2.24, 2.45) is 0 Å². The molecule has 0 saturated heterocycles. The van der Waals surface area contributed by atoms with Crippen LogP contribution in [-0.4, -0.2) is 11.7 Å². The van der Waals surface area contributed by atoms with Gasteiger partial charge >= 0.3 is 0 Å². The van der Waals surface area contributed by atoms with Crippen LogP contribution in [0.15, 0.2) is 29.3 Å². The molecule has 0 radical (unpaired) electrons. The van der Waals surface area contributed by atoms with Crippen molar-refractivity contribution in [2.45, 2.75) is 13.0 Å². The molecule has 15 heavy (non-hydrogen) atoms. The number of hydrogen-bond acceptors (Lipinski definition) is 2. The molecule has 4 heteroatoms. The zero-order chi connectivity index (χ0) is 11.4. The van der Waals surface area contributed by atoms with Gasteiger partial charge in [0.05, 0.1) is 11.1 Å². The van der Waals surface area contributed by atoms with E-state index in [0.717, 1.165) is 10.0 Å². The molecule has 1 rings (SSSR count). The lowest BCUT2D eigenvalue weighted by Gasteiger charge is -2.10. The second-order valence-electron chi connectivity index (χ2n) is 3.17. The lowest BCUT2D eigenvalue weighted by atomic mass is 10.1. The van der Waals surface area contributed by atoms with Gasteiger partial charge in [0.2, 0.25) is 0 Å². The molecule has 0 saturated carbocycles. The Hall–Kier alpha value is -0.510. The lowest BCUT2D eigenvalue weighted by molar-refractivity contribution is 0.199. The summed E-state index contributed by atoms with van der Waals surface area (Å²) >= 11 is 9.17. The average Bonchev–Trinajstić information content (AvgIpc) is 2.15. The zero-order valence-corrected chi connectivity index (χ0v) is 10.7. The largest absolute Gasteiger partial charge is 0.487 e. The predicted octanol–water partition coefficient (Wildman–Crippen LogP) is 3.68. The second-order valence-corrected chi connectivity index (χ2v) is 4.70. The first-order chi connectivity index (χ1) is 7.00. The Kier molecular flexibility index (Phi) is 4.64. The molecular formula is C11H12BrClO2. The summed E-state index contributed by atoms with van der Waals surface area (Å²) in [5.41, 5.74) is 0.769. The maximum absolute atomic E-state index is 9.34. The Balaban J connectivity index is 2.79. The molecular weight excluding hydrogens is 279 g/mol. The first-order valence-corrected chi connectivity index (χ1v) is 5.61. The molecule has 0 aromatic heterocycles. The van der Waals surface area contributed by atoms with Crippen molar-refractivity contribution in [2.75, 3.05) is 6.61 Å². The van der Waals surface area contributed by atoms with E-state index >= 15 is 0 Å². The summed E-state index contributed by atoms with van der Waals surface area (Å²) in [4.78, 5) is 0. The van der Waals surface area contributed by atoms with Crippen LogP contribution < -0.4 is 4.74 Å². The summed E-state index contributed by atoms with van der Waals surface area (Å²) in [5.74, 6) is 0.585. The normalized spacial score (nSPS) is 12.3. The van der Waals surface area contributed by atoms with Gasteiger partial charge in [-0.15, -0.1) is 0 Å². The van der Waals surface area contributed by atoms with Gasteiger partial charge in [0, 0.05) is 4.48 Å². The molecule has 1 aromatic carbocycles. The summed E-state index contributed by atoms with van der Waals surface area (Å²) in [5, 5.41) is 9.82. The minimum Gasteiger partial charge on any atom is -0.487 e. The highest BCUT2D eigenvalue weighted by Gasteiger charge is 2.06. The molecule has 1 atom stereocenters. The number of rotatable bonds is 4. The molecule has 0 heterocycles. The fourth-order valence-electron chi connectivity index (χ4n) is 1.05. The smallest absolute Gasteiger partial charge is 0.138 e. The predicted molar refractivity (Wildman–Crippen MR) is 65.6 cm³/mol. The first kappa shape index (κ1) is 12.6. The molecule has 0 aliphatic rings. The van der Waals surface area contributed by atoms with Crippen LogP contribution in [0.2, 0.25) is 5.02 Å². The van der Waals surface area contributed by atoms with Gasteiger partial charge < -0.3 is 9.84 Å². The number of hydrogen-bond donors (Lipinski definition) is 1. The molecule has 1 unspecified atom stereocenters. The van der Waals surface area contributed by atoms with Gasteiger partial charge in [0.25, 0.3) is 0 Å². The molecule has 2 nitrogen and oxygen atoms in total. The van der Waals surface area contributed by atoms with E-state index in [-0.39, 0.29) is 0 Å². The van der Waals surface area contributed by atoms with E-state index in [1.165, 1.54) is 0 Å². The molecule has 0 aliphatic carbocycles. The Morgan fingerprint density at radius 3 is 2.80 bits per heavy atom. The summed E-state index contributed by atoms with van der Waals surface area (Å²) in [6.07, 6.45) is -0.525. The van der Waals surface area contributed by atoms with Crippen LogP contribution in [0.1, 0.15) is 18.6 Å². The minimum atomic E-state index is -0.525. The fourth-order valence-corrected chi connectivity index (χ4v) is 1.41. The minimum absolute atomic E-state index is 0.369. The number of ether oxygens (including phenoxy) is 1. The van der Waals surface area contributed by atoms with E-state index in [0.29, 0.717) is 17.4 Å². The maximum atomic E-state index is 9.34. The van der Waals surface area contributed by atoms with E-state index in [9.17, 15) is 5.11 Å². The van der Waals surface area contributed by atoms with Crippen LogP contribution in [0, 0.1) is 0 Å². The Labute approximate surface area is 103 Å².